The lowest BCUT2D eigenvalue weighted by molar-refractivity contribution is 0.102. The maximum Gasteiger partial charge on any atom is 0.274 e. The van der Waals surface area contributed by atoms with Crippen molar-refractivity contribution in [2.24, 2.45) is 0 Å². The molecule has 0 unspecified atom stereocenters. The molecule has 0 bridgehead atoms. The molecule has 2 N–H and O–H groups in total. The molecule has 0 aliphatic heterocycles. The highest BCUT2D eigenvalue weighted by molar-refractivity contribution is 6.36. The third-order valence-electron chi connectivity index (χ3n) is 3.51. The van der Waals surface area contributed by atoms with Crippen LogP contribution >= 0.6 is 23.2 Å². The van der Waals surface area contributed by atoms with Gasteiger partial charge < -0.3 is 10.6 Å². The minimum absolute atomic E-state index is 0.174. The van der Waals surface area contributed by atoms with E-state index in [1.807, 2.05) is 0 Å². The highest BCUT2D eigenvalue weighted by Crippen LogP contribution is 2.26. The van der Waals surface area contributed by atoms with Crippen molar-refractivity contribution >= 4 is 46.3 Å². The van der Waals surface area contributed by atoms with Crippen LogP contribution in [0.2, 0.25) is 10.0 Å². The number of halogens is 2. The van der Waals surface area contributed by atoms with E-state index in [9.17, 15) is 4.79 Å². The Balaban J connectivity index is 1.84. The van der Waals surface area contributed by atoms with Crippen LogP contribution in [0.1, 0.15) is 21.9 Å². The van der Waals surface area contributed by atoms with Gasteiger partial charge in [-0.3, -0.25) is 4.79 Å². The zero-order chi connectivity index (χ0) is 19.4. The number of hydrogen-bond donors (Lipinski definition) is 2. The number of carbonyl (C=O) groups excluding carboxylic acids is 1. The monoisotopic (exact) mass is 397 g/mol. The standard InChI is InChI=1S/C19H13Cl2N5O/c1-11-23-17(19(27)26-16-6-5-13(20)8-15(16)21)9-18(24-11)25-14-4-2-3-12(7-14)10-22/h2-9H,1H3,(H,26,27)(H,23,24,25). The molecule has 2 aromatic carbocycles. The predicted molar refractivity (Wildman–Crippen MR) is 106 cm³/mol. The van der Waals surface area contributed by atoms with Crippen LogP contribution in [-0.4, -0.2) is 15.9 Å². The van der Waals surface area contributed by atoms with Crippen LogP contribution in [0.4, 0.5) is 17.2 Å². The molecule has 0 aliphatic rings. The Hall–Kier alpha value is -3.14. The Labute approximate surface area is 165 Å². The largest absolute Gasteiger partial charge is 0.340 e. The molecule has 0 radical (unpaired) electrons. The highest BCUT2D eigenvalue weighted by atomic mass is 35.5. The quantitative estimate of drug-likeness (QED) is 0.648. The summed E-state index contributed by atoms with van der Waals surface area (Å²) in [5.41, 5.74) is 1.80. The smallest absolute Gasteiger partial charge is 0.274 e. The number of rotatable bonds is 4. The van der Waals surface area contributed by atoms with E-state index in [1.165, 1.54) is 6.07 Å². The van der Waals surface area contributed by atoms with E-state index >= 15 is 0 Å². The lowest BCUT2D eigenvalue weighted by Gasteiger charge is -2.10. The number of aryl methyl sites for hydroxylation is 1. The van der Waals surface area contributed by atoms with Crippen molar-refractivity contribution in [3.63, 3.8) is 0 Å². The Kier molecular flexibility index (Phi) is 5.55. The van der Waals surface area contributed by atoms with Crippen molar-refractivity contribution < 1.29 is 4.79 Å². The third-order valence-corrected chi connectivity index (χ3v) is 4.06. The number of amides is 1. The topological polar surface area (TPSA) is 90.7 Å². The second-order valence-corrected chi connectivity index (χ2v) is 6.43. The van der Waals surface area contributed by atoms with E-state index < -0.39 is 5.91 Å². The van der Waals surface area contributed by atoms with Crippen molar-refractivity contribution in [3.8, 4) is 6.07 Å². The van der Waals surface area contributed by atoms with Crippen LogP contribution in [0.5, 0.6) is 0 Å². The number of nitrogens with one attached hydrogen (secondary N) is 2. The SMILES string of the molecule is Cc1nc(Nc2cccc(C#N)c2)cc(C(=O)Nc2ccc(Cl)cc2Cl)n1. The van der Waals surface area contributed by atoms with Gasteiger partial charge in [-0.25, -0.2) is 9.97 Å². The van der Waals surface area contributed by atoms with Crippen molar-refractivity contribution in [1.29, 1.82) is 5.26 Å². The number of anilines is 3. The van der Waals surface area contributed by atoms with Gasteiger partial charge in [-0.05, 0) is 43.3 Å². The normalized spacial score (nSPS) is 10.1. The Morgan fingerprint density at radius 2 is 1.93 bits per heavy atom. The van der Waals surface area contributed by atoms with Crippen LogP contribution in [0.15, 0.2) is 48.5 Å². The first-order valence-corrected chi connectivity index (χ1v) is 8.59. The van der Waals surface area contributed by atoms with Gasteiger partial charge >= 0.3 is 0 Å². The van der Waals surface area contributed by atoms with Gasteiger partial charge in [0.05, 0.1) is 22.3 Å². The first kappa shape index (κ1) is 18.6. The van der Waals surface area contributed by atoms with E-state index in [0.717, 1.165) is 0 Å². The van der Waals surface area contributed by atoms with Gasteiger partial charge in [0.25, 0.3) is 5.91 Å². The van der Waals surface area contributed by atoms with E-state index in [2.05, 4.69) is 26.7 Å². The summed E-state index contributed by atoms with van der Waals surface area (Å²) in [6.45, 7) is 1.68. The second-order valence-electron chi connectivity index (χ2n) is 5.58. The maximum atomic E-state index is 12.5. The second kappa shape index (κ2) is 8.04. The molecule has 6 nitrogen and oxygen atoms in total. The van der Waals surface area contributed by atoms with Crippen LogP contribution in [0, 0.1) is 18.3 Å². The Bertz CT molecular complexity index is 1060. The van der Waals surface area contributed by atoms with Gasteiger partial charge in [-0.15, -0.1) is 0 Å². The summed E-state index contributed by atoms with van der Waals surface area (Å²) in [4.78, 5) is 21.0. The molecule has 3 rings (SSSR count). The molecule has 1 aromatic heterocycles. The molecule has 0 aliphatic carbocycles. The Morgan fingerprint density at radius 1 is 1.11 bits per heavy atom. The van der Waals surface area contributed by atoms with Crippen molar-refractivity contribution in [1.82, 2.24) is 9.97 Å². The molecule has 8 heteroatoms. The summed E-state index contributed by atoms with van der Waals surface area (Å²) in [7, 11) is 0. The van der Waals surface area contributed by atoms with Gasteiger partial charge in [-0.2, -0.15) is 5.26 Å². The zero-order valence-corrected chi connectivity index (χ0v) is 15.6. The van der Waals surface area contributed by atoms with Crippen LogP contribution < -0.4 is 10.6 Å². The van der Waals surface area contributed by atoms with Crippen LogP contribution in [-0.2, 0) is 0 Å². The number of nitriles is 1. The van der Waals surface area contributed by atoms with Gasteiger partial charge in [0.1, 0.15) is 17.3 Å². The minimum Gasteiger partial charge on any atom is -0.340 e. The molecule has 0 saturated heterocycles. The Morgan fingerprint density at radius 3 is 2.67 bits per heavy atom. The van der Waals surface area contributed by atoms with E-state index in [-0.39, 0.29) is 5.69 Å². The first-order valence-electron chi connectivity index (χ1n) is 7.84. The summed E-state index contributed by atoms with van der Waals surface area (Å²) >= 11 is 12.0. The highest BCUT2D eigenvalue weighted by Gasteiger charge is 2.13. The summed E-state index contributed by atoms with van der Waals surface area (Å²) in [5, 5.41) is 15.6. The molecular weight excluding hydrogens is 385 g/mol. The average molecular weight is 398 g/mol. The predicted octanol–water partition coefficient (Wildman–Crippen LogP) is 4.96. The minimum atomic E-state index is -0.432. The summed E-state index contributed by atoms with van der Waals surface area (Å²) in [6, 6.07) is 15.3. The maximum absolute atomic E-state index is 12.5. The fraction of sp³-hybridized carbons (Fsp3) is 0.0526. The van der Waals surface area contributed by atoms with Crippen molar-refractivity contribution in [2.75, 3.05) is 10.6 Å². The van der Waals surface area contributed by atoms with Crippen LogP contribution in [0.25, 0.3) is 0 Å². The van der Waals surface area contributed by atoms with Crippen molar-refractivity contribution in [2.45, 2.75) is 6.92 Å². The van der Waals surface area contributed by atoms with Gasteiger partial charge in [0.15, 0.2) is 0 Å². The molecule has 1 amide bonds. The molecule has 0 atom stereocenters. The molecule has 0 spiro atoms. The van der Waals surface area contributed by atoms with E-state index in [4.69, 9.17) is 28.5 Å². The number of benzene rings is 2. The van der Waals surface area contributed by atoms with Gasteiger partial charge in [0.2, 0.25) is 0 Å². The molecule has 0 saturated carbocycles. The fourth-order valence-corrected chi connectivity index (χ4v) is 2.80. The molecular formula is C19H13Cl2N5O. The molecule has 3 aromatic rings. The summed E-state index contributed by atoms with van der Waals surface area (Å²) < 4.78 is 0. The molecule has 1 heterocycles. The lowest BCUT2D eigenvalue weighted by atomic mass is 10.2. The fourth-order valence-electron chi connectivity index (χ4n) is 2.34. The van der Waals surface area contributed by atoms with E-state index in [1.54, 1.807) is 49.4 Å². The van der Waals surface area contributed by atoms with Crippen LogP contribution in [0.3, 0.4) is 0 Å². The number of nitrogens with zero attached hydrogens (tertiary/aromatic N) is 3. The number of aromatic nitrogens is 2. The average Bonchev–Trinajstić information content (AvgIpc) is 2.63. The summed E-state index contributed by atoms with van der Waals surface area (Å²) in [6.07, 6.45) is 0. The first-order chi connectivity index (χ1) is 12.9. The number of hydrogen-bond acceptors (Lipinski definition) is 5. The molecule has 27 heavy (non-hydrogen) atoms. The molecule has 134 valence electrons. The van der Waals surface area contributed by atoms with Gasteiger partial charge in [0, 0.05) is 16.8 Å². The lowest BCUT2D eigenvalue weighted by Crippen LogP contribution is -2.15. The zero-order valence-electron chi connectivity index (χ0n) is 14.1. The number of carbonyl (C=O) groups is 1. The van der Waals surface area contributed by atoms with Crippen molar-refractivity contribution in [3.05, 3.63) is 75.7 Å². The molecule has 0 fully saturated rings. The summed E-state index contributed by atoms with van der Waals surface area (Å²) in [5.74, 6) is 0.423. The third kappa shape index (κ3) is 4.73. The van der Waals surface area contributed by atoms with E-state index in [0.29, 0.717) is 38.6 Å². The van der Waals surface area contributed by atoms with Gasteiger partial charge in [-0.1, -0.05) is 29.3 Å².